The summed E-state index contributed by atoms with van der Waals surface area (Å²) in [5.41, 5.74) is 6.98. The number of nitrogens with two attached hydrogens (primary N) is 1. The van der Waals surface area contributed by atoms with Crippen molar-refractivity contribution in [3.05, 3.63) is 53.3 Å². The van der Waals surface area contributed by atoms with Gasteiger partial charge in [-0.3, -0.25) is 4.98 Å². The van der Waals surface area contributed by atoms with Crippen LogP contribution in [0.1, 0.15) is 0 Å². The summed E-state index contributed by atoms with van der Waals surface area (Å²) in [5.74, 6) is 1.46. The zero-order valence-electron chi connectivity index (χ0n) is 12.6. The molecule has 0 aliphatic carbocycles. The number of aromatic nitrogens is 6. The first-order valence-electron chi connectivity index (χ1n) is 7.09. The summed E-state index contributed by atoms with van der Waals surface area (Å²) in [7, 11) is 0. The minimum Gasteiger partial charge on any atom is -0.384 e. The summed E-state index contributed by atoms with van der Waals surface area (Å²) in [6.07, 6.45) is 7.77. The molecule has 0 aromatic carbocycles. The number of hydrogen-bond acceptors (Lipinski definition) is 7. The molecule has 25 heavy (non-hydrogen) atoms. The van der Waals surface area contributed by atoms with Gasteiger partial charge in [0.15, 0.2) is 0 Å². The Morgan fingerprint density at radius 3 is 2.44 bits per heavy atom. The van der Waals surface area contributed by atoms with E-state index < -0.39 is 0 Å². The van der Waals surface area contributed by atoms with Crippen LogP contribution in [0.4, 0.5) is 17.5 Å². The van der Waals surface area contributed by atoms with E-state index in [0.29, 0.717) is 33.2 Å². The highest BCUT2D eigenvalue weighted by atomic mass is 35.5. The number of rotatable bonds is 3. The SMILES string of the molecule is Nc1cc(Nc2cc3c(cn2)cnn3-c2c(Cl)cncc2Cl)ncn1. The fraction of sp³-hybridized carbons (Fsp3) is 0. The number of nitrogens with zero attached hydrogens (tertiary/aromatic N) is 6. The maximum atomic E-state index is 6.24. The highest BCUT2D eigenvalue weighted by molar-refractivity contribution is 6.37. The van der Waals surface area contributed by atoms with Gasteiger partial charge < -0.3 is 11.1 Å². The molecule has 0 unspecified atom stereocenters. The van der Waals surface area contributed by atoms with Crippen molar-refractivity contribution in [1.82, 2.24) is 29.7 Å². The van der Waals surface area contributed by atoms with Crippen LogP contribution in [0.5, 0.6) is 0 Å². The average Bonchev–Trinajstić information content (AvgIpc) is 2.98. The fourth-order valence-electron chi connectivity index (χ4n) is 2.35. The summed E-state index contributed by atoms with van der Waals surface area (Å²) in [6.45, 7) is 0. The zero-order chi connectivity index (χ0) is 17.4. The number of fused-ring (bicyclic) bond motifs is 1. The standard InChI is InChI=1S/C15H10Cl2N8/c16-9-5-19-6-10(17)15(9)25-11-1-13(20-3-8(11)4-23-25)24-14-2-12(18)21-7-22-14/h1-7H,(H3,18,20,21,22,24). The highest BCUT2D eigenvalue weighted by Crippen LogP contribution is 2.30. The van der Waals surface area contributed by atoms with Crippen LogP contribution in [0.25, 0.3) is 16.6 Å². The molecule has 4 rings (SSSR count). The summed E-state index contributed by atoms with van der Waals surface area (Å²) in [5, 5.41) is 9.05. The molecule has 4 heterocycles. The van der Waals surface area contributed by atoms with Gasteiger partial charge in [-0.05, 0) is 0 Å². The highest BCUT2D eigenvalue weighted by Gasteiger charge is 2.13. The Balaban J connectivity index is 1.80. The molecule has 8 nitrogen and oxygen atoms in total. The van der Waals surface area contributed by atoms with E-state index in [9.17, 15) is 0 Å². The van der Waals surface area contributed by atoms with E-state index >= 15 is 0 Å². The monoisotopic (exact) mass is 372 g/mol. The zero-order valence-corrected chi connectivity index (χ0v) is 14.1. The predicted molar refractivity (Wildman–Crippen MR) is 96.4 cm³/mol. The smallest absolute Gasteiger partial charge is 0.137 e. The Morgan fingerprint density at radius 2 is 1.68 bits per heavy atom. The molecule has 10 heteroatoms. The van der Waals surface area contributed by atoms with Crippen LogP contribution in [0, 0.1) is 0 Å². The van der Waals surface area contributed by atoms with Gasteiger partial charge in [-0.2, -0.15) is 5.10 Å². The van der Waals surface area contributed by atoms with Crippen LogP contribution in [0.15, 0.2) is 43.2 Å². The van der Waals surface area contributed by atoms with Gasteiger partial charge in [-0.25, -0.2) is 19.6 Å². The van der Waals surface area contributed by atoms with E-state index in [1.165, 1.54) is 18.7 Å². The molecule has 0 aliphatic rings. The molecule has 0 saturated carbocycles. The molecule has 0 spiro atoms. The van der Waals surface area contributed by atoms with E-state index in [1.807, 2.05) is 6.07 Å². The molecule has 0 radical (unpaired) electrons. The van der Waals surface area contributed by atoms with Crippen molar-refractivity contribution in [3.63, 3.8) is 0 Å². The topological polar surface area (TPSA) is 107 Å². The molecular weight excluding hydrogens is 363 g/mol. The second-order valence-corrected chi connectivity index (χ2v) is 5.90. The molecule has 0 bridgehead atoms. The first kappa shape index (κ1) is 15.6. The Kier molecular flexibility index (Phi) is 3.83. The van der Waals surface area contributed by atoms with E-state index in [4.69, 9.17) is 28.9 Å². The van der Waals surface area contributed by atoms with Crippen LogP contribution >= 0.6 is 23.2 Å². The predicted octanol–water partition coefficient (Wildman–Crippen LogP) is 3.24. The van der Waals surface area contributed by atoms with Gasteiger partial charge in [-0.15, -0.1) is 0 Å². The molecule has 4 aromatic rings. The lowest BCUT2D eigenvalue weighted by Gasteiger charge is -2.09. The quantitative estimate of drug-likeness (QED) is 0.568. The number of nitrogens with one attached hydrogen (secondary N) is 1. The Morgan fingerprint density at radius 1 is 0.920 bits per heavy atom. The van der Waals surface area contributed by atoms with Gasteiger partial charge in [-0.1, -0.05) is 23.2 Å². The third kappa shape index (κ3) is 2.92. The van der Waals surface area contributed by atoms with Crippen molar-refractivity contribution < 1.29 is 0 Å². The molecule has 3 N–H and O–H groups in total. The Bertz CT molecular complexity index is 1060. The molecule has 4 aromatic heterocycles. The largest absolute Gasteiger partial charge is 0.384 e. The van der Waals surface area contributed by atoms with Crippen molar-refractivity contribution in [3.8, 4) is 5.69 Å². The van der Waals surface area contributed by atoms with E-state index in [2.05, 4.69) is 30.4 Å². The summed E-state index contributed by atoms with van der Waals surface area (Å²) >= 11 is 12.5. The van der Waals surface area contributed by atoms with E-state index in [-0.39, 0.29) is 0 Å². The second-order valence-electron chi connectivity index (χ2n) is 5.09. The normalized spacial score (nSPS) is 11.0. The van der Waals surface area contributed by atoms with Gasteiger partial charge in [0.25, 0.3) is 0 Å². The third-order valence-corrected chi connectivity index (χ3v) is 3.99. The van der Waals surface area contributed by atoms with Crippen LogP contribution in [0.2, 0.25) is 10.0 Å². The van der Waals surface area contributed by atoms with E-state index in [1.54, 1.807) is 23.1 Å². The Hall–Kier alpha value is -2.97. The molecule has 0 atom stereocenters. The van der Waals surface area contributed by atoms with Crippen molar-refractivity contribution >= 4 is 51.6 Å². The molecule has 0 fully saturated rings. The average molecular weight is 373 g/mol. The van der Waals surface area contributed by atoms with Gasteiger partial charge in [0, 0.05) is 36.1 Å². The number of halogens is 2. The maximum absolute atomic E-state index is 6.24. The summed E-state index contributed by atoms with van der Waals surface area (Å²) < 4.78 is 1.64. The van der Waals surface area contributed by atoms with Gasteiger partial charge in [0.2, 0.25) is 0 Å². The number of hydrogen-bond donors (Lipinski definition) is 2. The number of nitrogen functional groups attached to an aromatic ring is 1. The lowest BCUT2D eigenvalue weighted by molar-refractivity contribution is 0.907. The van der Waals surface area contributed by atoms with Crippen molar-refractivity contribution in [2.75, 3.05) is 11.1 Å². The lowest BCUT2D eigenvalue weighted by atomic mass is 10.3. The molecule has 124 valence electrons. The second kappa shape index (κ2) is 6.15. The van der Waals surface area contributed by atoms with Crippen LogP contribution in [0.3, 0.4) is 0 Å². The van der Waals surface area contributed by atoms with Gasteiger partial charge in [0.05, 0.1) is 21.8 Å². The third-order valence-electron chi connectivity index (χ3n) is 3.44. The first-order chi connectivity index (χ1) is 12.1. The maximum Gasteiger partial charge on any atom is 0.137 e. The van der Waals surface area contributed by atoms with Crippen LogP contribution in [-0.4, -0.2) is 29.7 Å². The summed E-state index contributed by atoms with van der Waals surface area (Å²) in [6, 6.07) is 3.42. The molecular formula is C15H10Cl2N8. The summed E-state index contributed by atoms with van der Waals surface area (Å²) in [4.78, 5) is 16.2. The minimum atomic E-state index is 0.360. The van der Waals surface area contributed by atoms with Gasteiger partial charge >= 0.3 is 0 Å². The van der Waals surface area contributed by atoms with Gasteiger partial charge in [0.1, 0.15) is 29.5 Å². The van der Waals surface area contributed by atoms with E-state index in [0.717, 1.165) is 10.9 Å². The first-order valence-corrected chi connectivity index (χ1v) is 7.85. The van der Waals surface area contributed by atoms with Crippen molar-refractivity contribution in [1.29, 1.82) is 0 Å². The number of pyridine rings is 2. The number of anilines is 3. The van der Waals surface area contributed by atoms with Crippen LogP contribution < -0.4 is 11.1 Å². The Labute approximate surface area is 151 Å². The van der Waals surface area contributed by atoms with Crippen LogP contribution in [-0.2, 0) is 0 Å². The molecule has 0 saturated heterocycles. The molecule has 0 aliphatic heterocycles. The fourth-order valence-corrected chi connectivity index (χ4v) is 2.87. The minimum absolute atomic E-state index is 0.360. The lowest BCUT2D eigenvalue weighted by Crippen LogP contribution is -2.01. The van der Waals surface area contributed by atoms with Crippen molar-refractivity contribution in [2.45, 2.75) is 0 Å². The van der Waals surface area contributed by atoms with Crippen molar-refractivity contribution in [2.24, 2.45) is 0 Å². The molecule has 0 amide bonds.